The van der Waals surface area contributed by atoms with E-state index in [0.29, 0.717) is 16.0 Å². The Morgan fingerprint density at radius 1 is 1.30 bits per heavy atom. The van der Waals surface area contributed by atoms with Gasteiger partial charge >= 0.3 is 5.97 Å². The summed E-state index contributed by atoms with van der Waals surface area (Å²) in [7, 11) is 0. The fourth-order valence-electron chi connectivity index (χ4n) is 1.45. The molecule has 100 valence electrons. The van der Waals surface area contributed by atoms with Crippen LogP contribution in [-0.2, 0) is 16.1 Å². The molecule has 0 aliphatic rings. The van der Waals surface area contributed by atoms with Gasteiger partial charge in [0.2, 0.25) is 0 Å². The van der Waals surface area contributed by atoms with Crippen LogP contribution in [0.2, 0.25) is 0 Å². The van der Waals surface area contributed by atoms with Crippen molar-refractivity contribution in [3.05, 3.63) is 64.0 Å². The molecule has 0 N–H and O–H groups in total. The molecule has 0 aliphatic carbocycles. The number of nitriles is 1. The van der Waals surface area contributed by atoms with Gasteiger partial charge < -0.3 is 9.15 Å². The standard InChI is InChI=1S/C15H10BrNO3/c16-14-7-5-13(20-14)6-8-15(18)19-10-12-3-1-11(9-17)2-4-12/h1-8H,10H2/b8-6+. The van der Waals surface area contributed by atoms with Gasteiger partial charge in [-0.05, 0) is 51.8 Å². The van der Waals surface area contributed by atoms with Crippen LogP contribution in [0.1, 0.15) is 16.9 Å². The Morgan fingerprint density at radius 2 is 2.05 bits per heavy atom. The van der Waals surface area contributed by atoms with E-state index >= 15 is 0 Å². The monoisotopic (exact) mass is 331 g/mol. The Hall–Kier alpha value is -2.32. The molecular formula is C15H10BrNO3. The Balaban J connectivity index is 1.85. The van der Waals surface area contributed by atoms with Crippen LogP contribution in [0.25, 0.3) is 6.08 Å². The topological polar surface area (TPSA) is 63.2 Å². The van der Waals surface area contributed by atoms with Crippen molar-refractivity contribution >= 4 is 28.0 Å². The summed E-state index contributed by atoms with van der Waals surface area (Å²) in [5.41, 5.74) is 1.40. The van der Waals surface area contributed by atoms with Crippen molar-refractivity contribution in [3.8, 4) is 6.07 Å². The summed E-state index contributed by atoms with van der Waals surface area (Å²) < 4.78 is 10.9. The van der Waals surface area contributed by atoms with Crippen LogP contribution in [-0.4, -0.2) is 5.97 Å². The van der Waals surface area contributed by atoms with Crippen LogP contribution in [0.15, 0.2) is 51.6 Å². The molecule has 0 fully saturated rings. The second kappa shape index (κ2) is 6.73. The highest BCUT2D eigenvalue weighted by Crippen LogP contribution is 2.15. The van der Waals surface area contributed by atoms with Gasteiger partial charge in [0.25, 0.3) is 0 Å². The van der Waals surface area contributed by atoms with Gasteiger partial charge in [-0.15, -0.1) is 0 Å². The van der Waals surface area contributed by atoms with E-state index in [2.05, 4.69) is 15.9 Å². The summed E-state index contributed by atoms with van der Waals surface area (Å²) in [5.74, 6) is 0.106. The third kappa shape index (κ3) is 4.11. The number of carbonyl (C=O) groups excluding carboxylic acids is 1. The van der Waals surface area contributed by atoms with E-state index < -0.39 is 5.97 Å². The molecule has 2 aromatic rings. The zero-order valence-electron chi connectivity index (χ0n) is 10.4. The molecule has 0 spiro atoms. The van der Waals surface area contributed by atoms with Crippen molar-refractivity contribution in [2.75, 3.05) is 0 Å². The molecule has 0 unspecified atom stereocenters. The lowest BCUT2D eigenvalue weighted by atomic mass is 10.2. The molecule has 1 aromatic carbocycles. The molecule has 0 saturated carbocycles. The summed E-state index contributed by atoms with van der Waals surface area (Å²) in [6.45, 7) is 0.163. The van der Waals surface area contributed by atoms with Crippen molar-refractivity contribution in [2.45, 2.75) is 6.61 Å². The van der Waals surface area contributed by atoms with Gasteiger partial charge in [0.1, 0.15) is 12.4 Å². The minimum Gasteiger partial charge on any atom is -0.458 e. The number of ether oxygens (including phenoxy) is 1. The predicted octanol–water partition coefficient (Wildman–Crippen LogP) is 3.67. The molecular weight excluding hydrogens is 322 g/mol. The van der Waals surface area contributed by atoms with Gasteiger partial charge in [0.05, 0.1) is 11.6 Å². The lowest BCUT2D eigenvalue weighted by molar-refractivity contribution is -0.138. The number of carbonyl (C=O) groups is 1. The van der Waals surface area contributed by atoms with Gasteiger partial charge in [0, 0.05) is 6.08 Å². The first-order valence-electron chi connectivity index (χ1n) is 5.76. The maximum Gasteiger partial charge on any atom is 0.331 e. The molecule has 0 aliphatic heterocycles. The lowest BCUT2D eigenvalue weighted by Crippen LogP contribution is -2.00. The molecule has 0 saturated heterocycles. The van der Waals surface area contributed by atoms with Gasteiger partial charge in [0.15, 0.2) is 4.67 Å². The summed E-state index contributed by atoms with van der Waals surface area (Å²) >= 11 is 3.17. The van der Waals surface area contributed by atoms with E-state index in [4.69, 9.17) is 14.4 Å². The van der Waals surface area contributed by atoms with E-state index in [1.54, 1.807) is 36.4 Å². The molecule has 0 bridgehead atoms. The minimum absolute atomic E-state index is 0.163. The fraction of sp³-hybridized carbons (Fsp3) is 0.0667. The van der Waals surface area contributed by atoms with Gasteiger partial charge in [-0.25, -0.2) is 4.79 Å². The van der Waals surface area contributed by atoms with Crippen LogP contribution >= 0.6 is 15.9 Å². The minimum atomic E-state index is -0.457. The van der Waals surface area contributed by atoms with E-state index in [0.717, 1.165) is 5.56 Å². The van der Waals surface area contributed by atoms with Crippen LogP contribution in [0, 0.1) is 11.3 Å². The summed E-state index contributed by atoms with van der Waals surface area (Å²) in [5, 5.41) is 8.67. The zero-order valence-corrected chi connectivity index (χ0v) is 12.0. The molecule has 1 heterocycles. The first-order valence-corrected chi connectivity index (χ1v) is 6.56. The molecule has 0 radical (unpaired) electrons. The largest absolute Gasteiger partial charge is 0.458 e. The highest BCUT2D eigenvalue weighted by Gasteiger charge is 2.00. The molecule has 2 rings (SSSR count). The number of furan rings is 1. The molecule has 0 amide bonds. The molecule has 1 aromatic heterocycles. The molecule has 5 heteroatoms. The van der Waals surface area contributed by atoms with E-state index in [1.165, 1.54) is 12.2 Å². The van der Waals surface area contributed by atoms with Crippen LogP contribution in [0.3, 0.4) is 0 Å². The van der Waals surface area contributed by atoms with Crippen molar-refractivity contribution in [1.29, 1.82) is 5.26 Å². The van der Waals surface area contributed by atoms with Crippen molar-refractivity contribution in [2.24, 2.45) is 0 Å². The molecule has 4 nitrogen and oxygen atoms in total. The Kier molecular flexibility index (Phi) is 4.75. The second-order valence-corrected chi connectivity index (χ2v) is 4.67. The number of esters is 1. The van der Waals surface area contributed by atoms with Crippen LogP contribution in [0.5, 0.6) is 0 Å². The Morgan fingerprint density at radius 3 is 2.65 bits per heavy atom. The van der Waals surface area contributed by atoms with Crippen molar-refractivity contribution < 1.29 is 13.9 Å². The number of hydrogen-bond acceptors (Lipinski definition) is 4. The lowest BCUT2D eigenvalue weighted by Gasteiger charge is -2.01. The summed E-state index contributed by atoms with van der Waals surface area (Å²) in [6.07, 6.45) is 2.83. The average Bonchev–Trinajstić information content (AvgIpc) is 2.89. The van der Waals surface area contributed by atoms with Gasteiger partial charge in [-0.1, -0.05) is 12.1 Å². The maximum absolute atomic E-state index is 11.5. The van der Waals surface area contributed by atoms with Gasteiger partial charge in [-0.3, -0.25) is 0 Å². The van der Waals surface area contributed by atoms with E-state index in [9.17, 15) is 4.79 Å². The quantitative estimate of drug-likeness (QED) is 0.633. The zero-order chi connectivity index (χ0) is 14.4. The molecule has 0 atom stereocenters. The number of benzene rings is 1. The first kappa shape index (κ1) is 14.1. The van der Waals surface area contributed by atoms with Crippen LogP contribution < -0.4 is 0 Å². The van der Waals surface area contributed by atoms with E-state index in [1.807, 2.05) is 6.07 Å². The average molecular weight is 332 g/mol. The van der Waals surface area contributed by atoms with Crippen LogP contribution in [0.4, 0.5) is 0 Å². The third-order valence-electron chi connectivity index (χ3n) is 2.44. The second-order valence-electron chi connectivity index (χ2n) is 3.89. The number of halogens is 1. The Bertz CT molecular complexity index is 665. The maximum atomic E-state index is 11.5. The molecule has 20 heavy (non-hydrogen) atoms. The van der Waals surface area contributed by atoms with Crippen molar-refractivity contribution in [3.63, 3.8) is 0 Å². The predicted molar refractivity (Wildman–Crippen MR) is 76.4 cm³/mol. The third-order valence-corrected chi connectivity index (χ3v) is 2.87. The first-order chi connectivity index (χ1) is 9.67. The fourth-order valence-corrected chi connectivity index (χ4v) is 1.77. The Labute approximate surface area is 124 Å². The normalized spacial score (nSPS) is 10.4. The van der Waals surface area contributed by atoms with E-state index in [-0.39, 0.29) is 6.61 Å². The van der Waals surface area contributed by atoms with Gasteiger partial charge in [-0.2, -0.15) is 5.26 Å². The summed E-state index contributed by atoms with van der Waals surface area (Å²) in [6, 6.07) is 12.4. The number of rotatable bonds is 4. The van der Waals surface area contributed by atoms with Crippen molar-refractivity contribution in [1.82, 2.24) is 0 Å². The highest BCUT2D eigenvalue weighted by atomic mass is 79.9. The summed E-state index contributed by atoms with van der Waals surface area (Å²) in [4.78, 5) is 11.5. The number of nitrogens with zero attached hydrogens (tertiary/aromatic N) is 1. The smallest absolute Gasteiger partial charge is 0.331 e. The SMILES string of the molecule is N#Cc1ccc(COC(=O)/C=C/c2ccc(Br)o2)cc1. The highest BCUT2D eigenvalue weighted by molar-refractivity contribution is 9.10. The number of hydrogen-bond donors (Lipinski definition) is 0.